The van der Waals surface area contributed by atoms with Gasteiger partial charge in [0, 0.05) is 20.1 Å². The van der Waals surface area contributed by atoms with Crippen molar-refractivity contribution in [1.82, 2.24) is 9.97 Å². The zero-order valence-electron chi connectivity index (χ0n) is 9.88. The van der Waals surface area contributed by atoms with Crippen LogP contribution in [0.4, 0.5) is 17.5 Å². The summed E-state index contributed by atoms with van der Waals surface area (Å²) in [6.07, 6.45) is 4.55. The quantitative estimate of drug-likeness (QED) is 0.629. The lowest BCUT2D eigenvalue weighted by Gasteiger charge is -2.35. The Morgan fingerprint density at radius 3 is 2.76 bits per heavy atom. The van der Waals surface area contributed by atoms with E-state index in [0.717, 1.165) is 12.8 Å². The van der Waals surface area contributed by atoms with E-state index in [2.05, 4.69) is 15.3 Å². The zero-order chi connectivity index (χ0) is 12.4. The molecule has 1 N–H and O–H groups in total. The van der Waals surface area contributed by atoms with Crippen LogP contribution in [0.3, 0.4) is 0 Å². The normalized spacial score (nSPS) is 15.2. The second kappa shape index (κ2) is 4.52. The van der Waals surface area contributed by atoms with Crippen molar-refractivity contribution in [3.8, 4) is 0 Å². The third-order valence-corrected chi connectivity index (χ3v) is 3.13. The first-order valence-corrected chi connectivity index (χ1v) is 5.55. The SMILES string of the molecule is CNc1ncc([N+](=O)[O-])c(N(C)C2CCC2)n1. The highest BCUT2D eigenvalue weighted by atomic mass is 16.6. The van der Waals surface area contributed by atoms with Crippen LogP contribution in [0.25, 0.3) is 0 Å². The number of hydrogen-bond donors (Lipinski definition) is 1. The highest BCUT2D eigenvalue weighted by molar-refractivity contribution is 5.59. The van der Waals surface area contributed by atoms with E-state index >= 15 is 0 Å². The van der Waals surface area contributed by atoms with Crippen molar-refractivity contribution in [2.45, 2.75) is 25.3 Å². The lowest BCUT2D eigenvalue weighted by molar-refractivity contribution is -0.384. The van der Waals surface area contributed by atoms with Crippen molar-refractivity contribution in [3.05, 3.63) is 16.3 Å². The third-order valence-electron chi connectivity index (χ3n) is 3.13. The summed E-state index contributed by atoms with van der Waals surface area (Å²) in [5, 5.41) is 13.7. The number of rotatable bonds is 4. The van der Waals surface area contributed by atoms with E-state index in [9.17, 15) is 10.1 Å². The molecule has 0 unspecified atom stereocenters. The van der Waals surface area contributed by atoms with E-state index in [1.54, 1.807) is 7.05 Å². The van der Waals surface area contributed by atoms with E-state index in [4.69, 9.17) is 0 Å². The van der Waals surface area contributed by atoms with Gasteiger partial charge in [-0.2, -0.15) is 4.98 Å². The Hall–Kier alpha value is -1.92. The second-order valence-electron chi connectivity index (χ2n) is 4.11. The van der Waals surface area contributed by atoms with Gasteiger partial charge in [0.1, 0.15) is 6.20 Å². The molecule has 0 radical (unpaired) electrons. The summed E-state index contributed by atoms with van der Waals surface area (Å²) in [4.78, 5) is 20.4. The van der Waals surface area contributed by atoms with E-state index in [0.29, 0.717) is 17.8 Å². The monoisotopic (exact) mass is 237 g/mol. The van der Waals surface area contributed by atoms with Crippen LogP contribution in [0.5, 0.6) is 0 Å². The maximum absolute atomic E-state index is 10.9. The van der Waals surface area contributed by atoms with Crippen LogP contribution in [0, 0.1) is 10.1 Å². The summed E-state index contributed by atoms with van der Waals surface area (Å²) in [5.41, 5.74) is -0.0431. The largest absolute Gasteiger partial charge is 0.357 e. The molecule has 17 heavy (non-hydrogen) atoms. The maximum Gasteiger partial charge on any atom is 0.329 e. The molecule has 1 aliphatic carbocycles. The molecule has 1 aromatic heterocycles. The molecule has 0 saturated heterocycles. The first-order valence-electron chi connectivity index (χ1n) is 5.55. The smallest absolute Gasteiger partial charge is 0.329 e. The molecule has 0 aromatic carbocycles. The van der Waals surface area contributed by atoms with Gasteiger partial charge in [-0.25, -0.2) is 4.98 Å². The molecule has 7 nitrogen and oxygen atoms in total. The van der Waals surface area contributed by atoms with Gasteiger partial charge in [0.15, 0.2) is 0 Å². The number of nitro groups is 1. The van der Waals surface area contributed by atoms with Gasteiger partial charge in [-0.15, -0.1) is 0 Å². The summed E-state index contributed by atoms with van der Waals surface area (Å²) in [5.74, 6) is 0.788. The van der Waals surface area contributed by atoms with Crippen molar-refractivity contribution < 1.29 is 4.92 Å². The Labute approximate surface area is 99.0 Å². The van der Waals surface area contributed by atoms with Gasteiger partial charge in [0.25, 0.3) is 0 Å². The molecule has 1 aliphatic rings. The summed E-state index contributed by atoms with van der Waals surface area (Å²) in [6.45, 7) is 0. The van der Waals surface area contributed by atoms with Gasteiger partial charge in [-0.3, -0.25) is 10.1 Å². The van der Waals surface area contributed by atoms with Crippen molar-refractivity contribution in [2.24, 2.45) is 0 Å². The maximum atomic E-state index is 10.9. The number of anilines is 2. The van der Waals surface area contributed by atoms with Gasteiger partial charge in [-0.1, -0.05) is 0 Å². The van der Waals surface area contributed by atoms with Gasteiger partial charge >= 0.3 is 5.69 Å². The first kappa shape index (κ1) is 11.6. The molecule has 1 fully saturated rings. The van der Waals surface area contributed by atoms with Crippen LogP contribution in [0.2, 0.25) is 0 Å². The van der Waals surface area contributed by atoms with E-state index in [-0.39, 0.29) is 5.69 Å². The van der Waals surface area contributed by atoms with Crippen molar-refractivity contribution >= 4 is 17.5 Å². The van der Waals surface area contributed by atoms with Crippen LogP contribution in [-0.4, -0.2) is 35.0 Å². The summed E-state index contributed by atoms with van der Waals surface area (Å²) >= 11 is 0. The van der Waals surface area contributed by atoms with Crippen LogP contribution >= 0.6 is 0 Å². The first-order chi connectivity index (χ1) is 8.13. The average Bonchev–Trinajstić information content (AvgIpc) is 2.25. The molecule has 1 saturated carbocycles. The third kappa shape index (κ3) is 2.13. The van der Waals surface area contributed by atoms with Crippen molar-refractivity contribution in [2.75, 3.05) is 24.3 Å². The Morgan fingerprint density at radius 2 is 2.29 bits per heavy atom. The van der Waals surface area contributed by atoms with Gasteiger partial charge in [0.2, 0.25) is 11.8 Å². The van der Waals surface area contributed by atoms with Crippen molar-refractivity contribution in [1.29, 1.82) is 0 Å². The highest BCUT2D eigenvalue weighted by Crippen LogP contribution is 2.32. The summed E-state index contributed by atoms with van der Waals surface area (Å²) in [6, 6.07) is 0.355. The molecular formula is C10H15N5O2. The minimum absolute atomic E-state index is 0.0431. The zero-order valence-corrected chi connectivity index (χ0v) is 9.88. The van der Waals surface area contributed by atoms with Crippen LogP contribution < -0.4 is 10.2 Å². The van der Waals surface area contributed by atoms with E-state index < -0.39 is 4.92 Å². The predicted molar refractivity (Wildman–Crippen MR) is 64.3 cm³/mol. The number of aromatic nitrogens is 2. The van der Waals surface area contributed by atoms with E-state index in [1.165, 1.54) is 12.6 Å². The minimum Gasteiger partial charge on any atom is -0.357 e. The molecule has 92 valence electrons. The minimum atomic E-state index is -0.441. The highest BCUT2D eigenvalue weighted by Gasteiger charge is 2.28. The Balaban J connectivity index is 2.36. The standard InChI is InChI=1S/C10H15N5O2/c1-11-10-12-6-8(15(16)17)9(13-10)14(2)7-4-3-5-7/h6-7H,3-5H2,1-2H3,(H,11,12,13). The molecule has 1 aromatic rings. The van der Waals surface area contributed by atoms with E-state index in [1.807, 2.05) is 11.9 Å². The summed E-state index contributed by atoms with van der Waals surface area (Å²) in [7, 11) is 3.53. The van der Waals surface area contributed by atoms with Gasteiger partial charge in [0.05, 0.1) is 4.92 Å². The number of hydrogen-bond acceptors (Lipinski definition) is 6. The topological polar surface area (TPSA) is 84.2 Å². The Bertz CT molecular complexity index is 433. The Kier molecular flexibility index (Phi) is 3.08. The molecule has 1 heterocycles. The predicted octanol–water partition coefficient (Wildman–Crippen LogP) is 1.42. The van der Waals surface area contributed by atoms with Gasteiger partial charge in [-0.05, 0) is 19.3 Å². The fraction of sp³-hybridized carbons (Fsp3) is 0.600. The van der Waals surface area contributed by atoms with Crippen LogP contribution in [0.1, 0.15) is 19.3 Å². The molecular weight excluding hydrogens is 222 g/mol. The molecule has 0 bridgehead atoms. The molecule has 0 aliphatic heterocycles. The number of nitrogens with one attached hydrogen (secondary N) is 1. The molecule has 0 spiro atoms. The Morgan fingerprint density at radius 1 is 1.59 bits per heavy atom. The van der Waals surface area contributed by atoms with Gasteiger partial charge < -0.3 is 10.2 Å². The lowest BCUT2D eigenvalue weighted by Crippen LogP contribution is -2.38. The fourth-order valence-corrected chi connectivity index (χ4v) is 1.82. The second-order valence-corrected chi connectivity index (χ2v) is 4.11. The lowest BCUT2D eigenvalue weighted by atomic mass is 9.92. The molecule has 0 atom stereocenters. The summed E-state index contributed by atoms with van der Waals surface area (Å²) < 4.78 is 0. The molecule has 7 heteroatoms. The van der Waals surface area contributed by atoms with Crippen molar-refractivity contribution in [3.63, 3.8) is 0 Å². The average molecular weight is 237 g/mol. The van der Waals surface area contributed by atoms with Crippen LogP contribution in [0.15, 0.2) is 6.20 Å². The fourth-order valence-electron chi connectivity index (χ4n) is 1.82. The van der Waals surface area contributed by atoms with Crippen LogP contribution in [-0.2, 0) is 0 Å². The molecule has 0 amide bonds. The molecule has 2 rings (SSSR count). The number of nitrogens with zero attached hydrogens (tertiary/aromatic N) is 4.